The molecule has 21 heavy (non-hydrogen) atoms. The molecule has 3 aromatic carbocycles. The molecule has 3 aromatic rings. The molecule has 0 spiro atoms. The molecule has 3 heteroatoms. The predicted octanol–water partition coefficient (Wildman–Crippen LogP) is 5.13. The van der Waals surface area contributed by atoms with Crippen molar-refractivity contribution in [1.29, 1.82) is 0 Å². The minimum atomic E-state index is -0.982. The fourth-order valence-corrected chi connectivity index (χ4v) is 2.98. The summed E-state index contributed by atoms with van der Waals surface area (Å²) in [7, 11) is 0. The number of aliphatic hydroxyl groups excluding tert-OH is 1. The standard InChI is InChI=1S/C18H14BrFO/c1-11-6-7-12-4-2-3-5-14(12)17(11)18(21)15-9-8-13(19)10-16(15)20/h2-10,18,21H,1H3. The van der Waals surface area contributed by atoms with Gasteiger partial charge in [-0.1, -0.05) is 58.4 Å². The third-order valence-electron chi connectivity index (χ3n) is 3.72. The van der Waals surface area contributed by atoms with Crippen LogP contribution in [0.4, 0.5) is 4.39 Å². The molecule has 1 nitrogen and oxygen atoms in total. The summed E-state index contributed by atoms with van der Waals surface area (Å²) < 4.78 is 14.8. The summed E-state index contributed by atoms with van der Waals surface area (Å²) in [5, 5.41) is 12.7. The van der Waals surface area contributed by atoms with E-state index in [1.165, 1.54) is 6.07 Å². The van der Waals surface area contributed by atoms with Gasteiger partial charge in [0.2, 0.25) is 0 Å². The highest BCUT2D eigenvalue weighted by molar-refractivity contribution is 9.10. The SMILES string of the molecule is Cc1ccc2ccccc2c1C(O)c1ccc(Br)cc1F. The summed E-state index contributed by atoms with van der Waals surface area (Å²) in [5.41, 5.74) is 2.00. The molecule has 0 saturated heterocycles. The highest BCUT2D eigenvalue weighted by Gasteiger charge is 2.19. The van der Waals surface area contributed by atoms with Gasteiger partial charge in [-0.05, 0) is 41.0 Å². The third kappa shape index (κ3) is 2.59. The van der Waals surface area contributed by atoms with Crippen molar-refractivity contribution in [2.45, 2.75) is 13.0 Å². The van der Waals surface area contributed by atoms with Crippen molar-refractivity contribution in [3.8, 4) is 0 Å². The highest BCUT2D eigenvalue weighted by Crippen LogP contribution is 2.33. The van der Waals surface area contributed by atoms with E-state index in [9.17, 15) is 9.50 Å². The molecule has 0 amide bonds. The summed E-state index contributed by atoms with van der Waals surface area (Å²) >= 11 is 3.23. The van der Waals surface area contributed by atoms with Crippen LogP contribution in [0.2, 0.25) is 0 Å². The van der Waals surface area contributed by atoms with E-state index in [1.807, 2.05) is 43.3 Å². The van der Waals surface area contributed by atoms with Crippen molar-refractivity contribution < 1.29 is 9.50 Å². The van der Waals surface area contributed by atoms with Crippen LogP contribution in [-0.4, -0.2) is 5.11 Å². The second-order valence-electron chi connectivity index (χ2n) is 5.09. The molecule has 0 radical (unpaired) electrons. The Morgan fingerprint density at radius 1 is 1.05 bits per heavy atom. The van der Waals surface area contributed by atoms with E-state index >= 15 is 0 Å². The summed E-state index contributed by atoms with van der Waals surface area (Å²) in [6.45, 7) is 1.93. The number of halogens is 2. The van der Waals surface area contributed by atoms with Crippen LogP contribution in [0.25, 0.3) is 10.8 Å². The van der Waals surface area contributed by atoms with Crippen LogP contribution in [0.1, 0.15) is 22.8 Å². The number of aliphatic hydroxyl groups is 1. The maximum Gasteiger partial charge on any atom is 0.130 e. The van der Waals surface area contributed by atoms with Gasteiger partial charge in [-0.2, -0.15) is 0 Å². The first-order chi connectivity index (χ1) is 10.1. The van der Waals surface area contributed by atoms with E-state index in [1.54, 1.807) is 12.1 Å². The number of benzene rings is 3. The normalized spacial score (nSPS) is 12.6. The van der Waals surface area contributed by atoms with Gasteiger partial charge in [-0.15, -0.1) is 0 Å². The van der Waals surface area contributed by atoms with E-state index in [0.717, 1.165) is 21.9 Å². The summed E-state index contributed by atoms with van der Waals surface area (Å²) in [5.74, 6) is -0.413. The number of hydrogen-bond donors (Lipinski definition) is 1. The quantitative estimate of drug-likeness (QED) is 0.683. The minimum Gasteiger partial charge on any atom is -0.384 e. The van der Waals surface area contributed by atoms with Gasteiger partial charge in [0.15, 0.2) is 0 Å². The van der Waals surface area contributed by atoms with E-state index in [4.69, 9.17) is 0 Å². The lowest BCUT2D eigenvalue weighted by Gasteiger charge is -2.18. The molecular formula is C18H14BrFO. The molecule has 1 unspecified atom stereocenters. The fraction of sp³-hybridized carbons (Fsp3) is 0.111. The zero-order valence-corrected chi connectivity index (χ0v) is 13.1. The van der Waals surface area contributed by atoms with Crippen molar-refractivity contribution in [3.05, 3.63) is 81.6 Å². The van der Waals surface area contributed by atoms with Crippen LogP contribution >= 0.6 is 15.9 Å². The van der Waals surface area contributed by atoms with Gasteiger partial charge < -0.3 is 5.11 Å². The summed E-state index contributed by atoms with van der Waals surface area (Å²) in [6, 6.07) is 16.5. The highest BCUT2D eigenvalue weighted by atomic mass is 79.9. The van der Waals surface area contributed by atoms with E-state index in [2.05, 4.69) is 15.9 Å². The molecule has 0 bridgehead atoms. The van der Waals surface area contributed by atoms with Crippen molar-refractivity contribution in [3.63, 3.8) is 0 Å². The molecule has 0 aromatic heterocycles. The van der Waals surface area contributed by atoms with E-state index in [-0.39, 0.29) is 5.56 Å². The van der Waals surface area contributed by atoms with Crippen LogP contribution in [-0.2, 0) is 0 Å². The van der Waals surface area contributed by atoms with Crippen molar-refractivity contribution in [2.24, 2.45) is 0 Å². The number of fused-ring (bicyclic) bond motifs is 1. The maximum atomic E-state index is 14.1. The van der Waals surface area contributed by atoms with Crippen LogP contribution in [0.3, 0.4) is 0 Å². The molecule has 0 aliphatic heterocycles. The third-order valence-corrected chi connectivity index (χ3v) is 4.21. The molecule has 0 aliphatic rings. The van der Waals surface area contributed by atoms with Gasteiger partial charge in [-0.25, -0.2) is 4.39 Å². The number of hydrogen-bond acceptors (Lipinski definition) is 1. The average molecular weight is 345 g/mol. The monoisotopic (exact) mass is 344 g/mol. The van der Waals surface area contributed by atoms with Gasteiger partial charge in [0, 0.05) is 10.0 Å². The minimum absolute atomic E-state index is 0.289. The zero-order valence-electron chi connectivity index (χ0n) is 11.5. The second-order valence-corrected chi connectivity index (χ2v) is 6.00. The number of aryl methyl sites for hydroxylation is 1. The first-order valence-corrected chi connectivity index (χ1v) is 7.48. The first-order valence-electron chi connectivity index (χ1n) is 6.69. The Labute approximate surface area is 131 Å². The molecule has 1 atom stereocenters. The van der Waals surface area contributed by atoms with E-state index in [0.29, 0.717) is 4.47 Å². The Morgan fingerprint density at radius 3 is 2.57 bits per heavy atom. The molecule has 106 valence electrons. The van der Waals surface area contributed by atoms with E-state index < -0.39 is 11.9 Å². The topological polar surface area (TPSA) is 20.2 Å². The predicted molar refractivity (Wildman–Crippen MR) is 86.8 cm³/mol. The molecule has 0 saturated carbocycles. The Hall–Kier alpha value is -1.71. The van der Waals surface area contributed by atoms with Crippen LogP contribution in [0.15, 0.2) is 59.1 Å². The Bertz CT molecular complexity index is 813. The summed E-state index contributed by atoms with van der Waals surface area (Å²) in [6.07, 6.45) is -0.982. The fourth-order valence-electron chi connectivity index (χ4n) is 2.65. The van der Waals surface area contributed by atoms with Gasteiger partial charge in [-0.3, -0.25) is 0 Å². The van der Waals surface area contributed by atoms with Crippen LogP contribution in [0, 0.1) is 12.7 Å². The van der Waals surface area contributed by atoms with Crippen molar-refractivity contribution in [1.82, 2.24) is 0 Å². The smallest absolute Gasteiger partial charge is 0.130 e. The van der Waals surface area contributed by atoms with Crippen LogP contribution in [0.5, 0.6) is 0 Å². The van der Waals surface area contributed by atoms with Gasteiger partial charge in [0.05, 0.1) is 0 Å². The lowest BCUT2D eigenvalue weighted by molar-refractivity contribution is 0.216. The lowest BCUT2D eigenvalue weighted by atomic mass is 9.92. The molecular weight excluding hydrogens is 331 g/mol. The van der Waals surface area contributed by atoms with Gasteiger partial charge in [0.1, 0.15) is 11.9 Å². The van der Waals surface area contributed by atoms with Crippen molar-refractivity contribution in [2.75, 3.05) is 0 Å². The van der Waals surface area contributed by atoms with Gasteiger partial charge in [0.25, 0.3) is 0 Å². The summed E-state index contributed by atoms with van der Waals surface area (Å²) in [4.78, 5) is 0. The maximum absolute atomic E-state index is 14.1. The number of rotatable bonds is 2. The second kappa shape index (κ2) is 5.58. The van der Waals surface area contributed by atoms with Gasteiger partial charge >= 0.3 is 0 Å². The molecule has 0 heterocycles. The lowest BCUT2D eigenvalue weighted by Crippen LogP contribution is -2.05. The Morgan fingerprint density at radius 2 is 1.81 bits per heavy atom. The molecule has 0 fully saturated rings. The molecule has 0 aliphatic carbocycles. The molecule has 3 rings (SSSR count). The largest absolute Gasteiger partial charge is 0.384 e. The Balaban J connectivity index is 2.21. The Kier molecular flexibility index (Phi) is 3.79. The average Bonchev–Trinajstić information content (AvgIpc) is 2.46. The van der Waals surface area contributed by atoms with Crippen molar-refractivity contribution >= 4 is 26.7 Å². The first kappa shape index (κ1) is 14.2. The molecule has 1 N–H and O–H groups in total. The zero-order chi connectivity index (χ0) is 15.0. The van der Waals surface area contributed by atoms with Crippen LogP contribution < -0.4 is 0 Å².